The molecule has 1 unspecified atom stereocenters. The lowest BCUT2D eigenvalue weighted by atomic mass is 10.0. The third-order valence-corrected chi connectivity index (χ3v) is 3.66. The van der Waals surface area contributed by atoms with Crippen molar-refractivity contribution in [2.75, 3.05) is 6.54 Å². The first-order valence-corrected chi connectivity index (χ1v) is 7.60. The van der Waals surface area contributed by atoms with Crippen molar-refractivity contribution in [2.45, 2.75) is 46.7 Å². The van der Waals surface area contributed by atoms with Crippen LogP contribution >= 0.6 is 0 Å². The molecule has 1 heterocycles. The summed E-state index contributed by atoms with van der Waals surface area (Å²) in [6.07, 6.45) is 1.03. The molecule has 1 N–H and O–H groups in total. The molecule has 2 rings (SSSR count). The minimum Gasteiger partial charge on any atom is -0.305 e. The molecule has 0 amide bonds. The van der Waals surface area contributed by atoms with Gasteiger partial charge in [0, 0.05) is 6.54 Å². The highest BCUT2D eigenvalue weighted by Crippen LogP contribution is 2.24. The van der Waals surface area contributed by atoms with Gasteiger partial charge in [0.2, 0.25) is 0 Å². The molecule has 0 radical (unpaired) electrons. The molecule has 3 nitrogen and oxygen atoms in total. The van der Waals surface area contributed by atoms with Gasteiger partial charge in [-0.1, -0.05) is 19.1 Å². The van der Waals surface area contributed by atoms with Crippen LogP contribution in [-0.2, 0) is 6.54 Å². The highest BCUT2D eigenvalue weighted by Gasteiger charge is 2.19. The van der Waals surface area contributed by atoms with E-state index in [-0.39, 0.29) is 11.9 Å². The number of benzene rings is 1. The highest BCUT2D eigenvalue weighted by molar-refractivity contribution is 5.32. The molecule has 1 aromatic carbocycles. The maximum Gasteiger partial charge on any atom is 0.126 e. The third-order valence-electron chi connectivity index (χ3n) is 3.66. The van der Waals surface area contributed by atoms with Crippen LogP contribution in [0.3, 0.4) is 0 Å². The zero-order valence-corrected chi connectivity index (χ0v) is 13.3. The van der Waals surface area contributed by atoms with E-state index >= 15 is 0 Å². The fourth-order valence-electron chi connectivity index (χ4n) is 2.52. The zero-order chi connectivity index (χ0) is 15.4. The monoisotopic (exact) mass is 289 g/mol. The van der Waals surface area contributed by atoms with E-state index in [2.05, 4.69) is 30.3 Å². The van der Waals surface area contributed by atoms with Crippen molar-refractivity contribution < 1.29 is 4.39 Å². The Morgan fingerprint density at radius 2 is 2.00 bits per heavy atom. The standard InChI is InChI=1S/C17H24FN3/c1-5-9-19-17(14-8-7-12(3)15(18)11-14)16-10-13(4)20-21(16)6-2/h7-8,10-11,17,19H,5-6,9H2,1-4H3. The van der Waals surface area contributed by atoms with Gasteiger partial charge in [0.05, 0.1) is 17.4 Å². The van der Waals surface area contributed by atoms with E-state index in [1.807, 2.05) is 23.7 Å². The Kier molecular flexibility index (Phi) is 5.12. The number of nitrogens with zero attached hydrogens (tertiary/aromatic N) is 2. The minimum absolute atomic E-state index is 0.0267. The van der Waals surface area contributed by atoms with Gasteiger partial charge in [0.1, 0.15) is 5.82 Å². The molecule has 4 heteroatoms. The lowest BCUT2D eigenvalue weighted by molar-refractivity contribution is 0.525. The van der Waals surface area contributed by atoms with Crippen molar-refractivity contribution in [3.63, 3.8) is 0 Å². The van der Waals surface area contributed by atoms with Gasteiger partial charge >= 0.3 is 0 Å². The Hall–Kier alpha value is -1.68. The number of halogens is 1. The van der Waals surface area contributed by atoms with E-state index in [1.54, 1.807) is 13.0 Å². The van der Waals surface area contributed by atoms with Crippen LogP contribution in [-0.4, -0.2) is 16.3 Å². The number of rotatable bonds is 6. The van der Waals surface area contributed by atoms with Gasteiger partial charge in [0.25, 0.3) is 0 Å². The summed E-state index contributed by atoms with van der Waals surface area (Å²) in [6.45, 7) is 9.66. The fraction of sp³-hybridized carbons (Fsp3) is 0.471. The second-order valence-electron chi connectivity index (χ2n) is 5.42. The van der Waals surface area contributed by atoms with Gasteiger partial charge in [-0.15, -0.1) is 0 Å². The smallest absolute Gasteiger partial charge is 0.126 e. The minimum atomic E-state index is -0.157. The zero-order valence-electron chi connectivity index (χ0n) is 13.3. The summed E-state index contributed by atoms with van der Waals surface area (Å²) in [7, 11) is 0. The summed E-state index contributed by atoms with van der Waals surface area (Å²) >= 11 is 0. The molecular formula is C17H24FN3. The lowest BCUT2D eigenvalue weighted by Gasteiger charge is -2.20. The number of hydrogen-bond acceptors (Lipinski definition) is 2. The first kappa shape index (κ1) is 15.7. The molecule has 0 aliphatic rings. The summed E-state index contributed by atoms with van der Waals surface area (Å²) in [4.78, 5) is 0. The van der Waals surface area contributed by atoms with Gasteiger partial charge in [-0.3, -0.25) is 4.68 Å². The maximum absolute atomic E-state index is 13.9. The van der Waals surface area contributed by atoms with Crippen molar-refractivity contribution in [1.29, 1.82) is 0 Å². The summed E-state index contributed by atoms with van der Waals surface area (Å²) < 4.78 is 15.9. The molecule has 0 aliphatic heterocycles. The molecule has 0 fully saturated rings. The Morgan fingerprint density at radius 1 is 1.24 bits per heavy atom. The fourth-order valence-corrected chi connectivity index (χ4v) is 2.52. The predicted octanol–water partition coefficient (Wildman–Crippen LogP) is 3.75. The van der Waals surface area contributed by atoms with Crippen LogP contribution in [0.2, 0.25) is 0 Å². The second-order valence-corrected chi connectivity index (χ2v) is 5.42. The van der Waals surface area contributed by atoms with Crippen LogP contribution in [0, 0.1) is 19.7 Å². The van der Waals surface area contributed by atoms with Crippen molar-refractivity contribution >= 4 is 0 Å². The van der Waals surface area contributed by atoms with E-state index in [0.29, 0.717) is 5.56 Å². The van der Waals surface area contributed by atoms with Crippen molar-refractivity contribution in [3.05, 3.63) is 52.6 Å². The van der Waals surface area contributed by atoms with Gasteiger partial charge < -0.3 is 5.32 Å². The molecule has 0 saturated heterocycles. The van der Waals surface area contributed by atoms with Crippen LogP contribution < -0.4 is 5.32 Å². The molecule has 1 aromatic heterocycles. The highest BCUT2D eigenvalue weighted by atomic mass is 19.1. The predicted molar refractivity (Wildman–Crippen MR) is 83.9 cm³/mol. The molecule has 0 bridgehead atoms. The molecule has 0 saturated carbocycles. The molecule has 21 heavy (non-hydrogen) atoms. The SMILES string of the molecule is CCCNC(c1ccc(C)c(F)c1)c1cc(C)nn1CC. The Labute approximate surface area is 126 Å². The van der Waals surface area contributed by atoms with Crippen LogP contribution in [0.4, 0.5) is 4.39 Å². The molecular weight excluding hydrogens is 265 g/mol. The van der Waals surface area contributed by atoms with Gasteiger partial charge in [-0.05, 0) is 57.0 Å². The largest absolute Gasteiger partial charge is 0.305 e. The first-order valence-electron chi connectivity index (χ1n) is 7.60. The summed E-state index contributed by atoms with van der Waals surface area (Å²) in [5.74, 6) is -0.157. The molecule has 2 aromatic rings. The Morgan fingerprint density at radius 3 is 2.62 bits per heavy atom. The van der Waals surface area contributed by atoms with E-state index in [9.17, 15) is 4.39 Å². The average molecular weight is 289 g/mol. The number of aromatic nitrogens is 2. The topological polar surface area (TPSA) is 29.9 Å². The lowest BCUT2D eigenvalue weighted by Crippen LogP contribution is -2.26. The summed E-state index contributed by atoms with van der Waals surface area (Å²) in [5, 5.41) is 8.02. The maximum atomic E-state index is 13.9. The molecule has 0 spiro atoms. The number of nitrogens with one attached hydrogen (secondary N) is 1. The van der Waals surface area contributed by atoms with Crippen molar-refractivity contribution in [2.24, 2.45) is 0 Å². The van der Waals surface area contributed by atoms with Crippen LogP contribution in [0.25, 0.3) is 0 Å². The van der Waals surface area contributed by atoms with Crippen molar-refractivity contribution in [3.8, 4) is 0 Å². The molecule has 1 atom stereocenters. The van der Waals surface area contributed by atoms with Gasteiger partial charge in [-0.2, -0.15) is 5.10 Å². The third kappa shape index (κ3) is 3.50. The molecule has 0 aliphatic carbocycles. The normalized spacial score (nSPS) is 12.6. The summed E-state index contributed by atoms with van der Waals surface area (Å²) in [6, 6.07) is 7.51. The average Bonchev–Trinajstić information content (AvgIpc) is 2.84. The van der Waals surface area contributed by atoms with Crippen LogP contribution in [0.5, 0.6) is 0 Å². The van der Waals surface area contributed by atoms with Crippen LogP contribution in [0.15, 0.2) is 24.3 Å². The number of hydrogen-bond donors (Lipinski definition) is 1. The van der Waals surface area contributed by atoms with Crippen molar-refractivity contribution in [1.82, 2.24) is 15.1 Å². The van der Waals surface area contributed by atoms with E-state index in [0.717, 1.165) is 36.5 Å². The quantitative estimate of drug-likeness (QED) is 0.877. The van der Waals surface area contributed by atoms with Crippen LogP contribution in [0.1, 0.15) is 48.8 Å². The molecule has 114 valence electrons. The number of aryl methyl sites for hydroxylation is 3. The second kappa shape index (κ2) is 6.85. The van der Waals surface area contributed by atoms with E-state index in [4.69, 9.17) is 0 Å². The van der Waals surface area contributed by atoms with Gasteiger partial charge in [-0.25, -0.2) is 4.39 Å². The Balaban J connectivity index is 2.43. The first-order chi connectivity index (χ1) is 10.1. The Bertz CT molecular complexity index is 604. The van der Waals surface area contributed by atoms with E-state index < -0.39 is 0 Å². The van der Waals surface area contributed by atoms with Gasteiger partial charge in [0.15, 0.2) is 0 Å². The van der Waals surface area contributed by atoms with E-state index in [1.165, 1.54) is 0 Å². The summed E-state index contributed by atoms with van der Waals surface area (Å²) in [5.41, 5.74) is 3.70.